The van der Waals surface area contributed by atoms with Gasteiger partial charge in [0.05, 0.1) is 6.61 Å². The SMILES string of the molecule is C[C@H](c1ccncn1)[C@@](O)(CO)c1ccc(F)cc1F. The van der Waals surface area contributed by atoms with Gasteiger partial charge in [0.25, 0.3) is 0 Å². The number of aromatic nitrogens is 2. The molecule has 0 fully saturated rings. The number of aliphatic hydroxyl groups excluding tert-OH is 1. The van der Waals surface area contributed by atoms with Crippen LogP contribution in [-0.4, -0.2) is 26.8 Å². The molecule has 2 aromatic rings. The second-order valence-electron chi connectivity index (χ2n) is 4.56. The van der Waals surface area contributed by atoms with Crippen LogP contribution in [0.5, 0.6) is 0 Å². The highest BCUT2D eigenvalue weighted by molar-refractivity contribution is 5.29. The van der Waals surface area contributed by atoms with Gasteiger partial charge in [0.2, 0.25) is 0 Å². The van der Waals surface area contributed by atoms with Crippen molar-refractivity contribution >= 4 is 0 Å². The maximum atomic E-state index is 13.9. The van der Waals surface area contributed by atoms with Gasteiger partial charge >= 0.3 is 0 Å². The van der Waals surface area contributed by atoms with Gasteiger partial charge in [0, 0.05) is 29.4 Å². The predicted octanol–water partition coefficient (Wildman–Crippen LogP) is 1.74. The van der Waals surface area contributed by atoms with Crippen molar-refractivity contribution in [2.24, 2.45) is 0 Å². The molecular formula is C14H14F2N2O2. The van der Waals surface area contributed by atoms with Gasteiger partial charge in [-0.25, -0.2) is 18.7 Å². The van der Waals surface area contributed by atoms with Gasteiger partial charge in [-0.05, 0) is 12.1 Å². The van der Waals surface area contributed by atoms with Crippen molar-refractivity contribution in [2.75, 3.05) is 6.61 Å². The zero-order valence-electron chi connectivity index (χ0n) is 10.8. The molecule has 20 heavy (non-hydrogen) atoms. The summed E-state index contributed by atoms with van der Waals surface area (Å²) < 4.78 is 26.8. The number of aliphatic hydroxyl groups is 2. The van der Waals surface area contributed by atoms with Crippen LogP contribution in [0.25, 0.3) is 0 Å². The Morgan fingerprint density at radius 3 is 2.60 bits per heavy atom. The fourth-order valence-electron chi connectivity index (χ4n) is 2.10. The summed E-state index contributed by atoms with van der Waals surface area (Å²) in [4.78, 5) is 7.75. The minimum absolute atomic E-state index is 0.174. The van der Waals surface area contributed by atoms with Crippen molar-refractivity contribution in [3.8, 4) is 0 Å². The van der Waals surface area contributed by atoms with Crippen LogP contribution in [0, 0.1) is 11.6 Å². The fraction of sp³-hybridized carbons (Fsp3) is 0.286. The van der Waals surface area contributed by atoms with Gasteiger partial charge < -0.3 is 10.2 Å². The van der Waals surface area contributed by atoms with Gasteiger partial charge in [-0.3, -0.25) is 0 Å². The van der Waals surface area contributed by atoms with E-state index in [1.807, 2.05) is 0 Å². The molecule has 0 saturated heterocycles. The number of benzene rings is 1. The molecule has 2 rings (SSSR count). The first-order chi connectivity index (χ1) is 9.49. The molecule has 0 aliphatic heterocycles. The van der Waals surface area contributed by atoms with Crippen molar-refractivity contribution in [2.45, 2.75) is 18.4 Å². The zero-order valence-corrected chi connectivity index (χ0v) is 10.8. The first-order valence-corrected chi connectivity index (χ1v) is 6.03. The Hall–Kier alpha value is -1.92. The molecule has 0 unspecified atom stereocenters. The van der Waals surface area contributed by atoms with Gasteiger partial charge in [0.1, 0.15) is 23.6 Å². The minimum atomic E-state index is -1.90. The summed E-state index contributed by atoms with van der Waals surface area (Å²) in [6, 6.07) is 4.39. The molecule has 1 aromatic carbocycles. The molecule has 2 N–H and O–H groups in total. The summed E-state index contributed by atoms with van der Waals surface area (Å²) in [5, 5.41) is 20.1. The molecule has 106 valence electrons. The molecule has 0 bridgehead atoms. The topological polar surface area (TPSA) is 66.2 Å². The maximum absolute atomic E-state index is 13.9. The molecule has 0 aliphatic carbocycles. The van der Waals surface area contributed by atoms with Crippen LogP contribution in [0.2, 0.25) is 0 Å². The van der Waals surface area contributed by atoms with Crippen LogP contribution in [-0.2, 0) is 5.60 Å². The molecule has 0 aliphatic rings. The molecule has 0 radical (unpaired) electrons. The molecule has 0 amide bonds. The molecule has 6 heteroatoms. The van der Waals surface area contributed by atoms with Gasteiger partial charge in [-0.15, -0.1) is 0 Å². The summed E-state index contributed by atoms with van der Waals surface area (Å²) in [7, 11) is 0. The minimum Gasteiger partial charge on any atom is -0.393 e. The largest absolute Gasteiger partial charge is 0.393 e. The van der Waals surface area contributed by atoms with E-state index in [4.69, 9.17) is 0 Å². The Labute approximate surface area is 114 Å². The second kappa shape index (κ2) is 5.60. The van der Waals surface area contributed by atoms with Gasteiger partial charge in [-0.1, -0.05) is 13.0 Å². The number of halogens is 2. The van der Waals surface area contributed by atoms with E-state index in [1.54, 1.807) is 13.0 Å². The Kier molecular flexibility index (Phi) is 4.06. The van der Waals surface area contributed by atoms with Crippen LogP contribution >= 0.6 is 0 Å². The van der Waals surface area contributed by atoms with E-state index in [-0.39, 0.29) is 5.56 Å². The Morgan fingerprint density at radius 2 is 2.05 bits per heavy atom. The lowest BCUT2D eigenvalue weighted by atomic mass is 9.80. The van der Waals surface area contributed by atoms with Crippen molar-refractivity contribution in [1.29, 1.82) is 0 Å². The average molecular weight is 280 g/mol. The molecule has 0 saturated carbocycles. The molecule has 4 nitrogen and oxygen atoms in total. The highest BCUT2D eigenvalue weighted by Crippen LogP contribution is 2.36. The summed E-state index contributed by atoms with van der Waals surface area (Å²) in [6.45, 7) is 0.877. The molecule has 1 aromatic heterocycles. The van der Waals surface area contributed by atoms with Gasteiger partial charge in [-0.2, -0.15) is 0 Å². The number of hydrogen-bond acceptors (Lipinski definition) is 4. The lowest BCUT2D eigenvalue weighted by Crippen LogP contribution is -2.37. The van der Waals surface area contributed by atoms with Crippen LogP contribution in [0.4, 0.5) is 8.78 Å². The molecular weight excluding hydrogens is 266 g/mol. The van der Waals surface area contributed by atoms with E-state index in [9.17, 15) is 19.0 Å². The van der Waals surface area contributed by atoms with Crippen LogP contribution in [0.1, 0.15) is 24.1 Å². The van der Waals surface area contributed by atoms with Crippen LogP contribution < -0.4 is 0 Å². The third-order valence-electron chi connectivity index (χ3n) is 3.40. The summed E-state index contributed by atoms with van der Waals surface area (Å²) in [5.41, 5.74) is -1.63. The monoisotopic (exact) mass is 280 g/mol. The van der Waals surface area contributed by atoms with E-state index < -0.39 is 29.8 Å². The number of rotatable bonds is 4. The normalized spacial score (nSPS) is 15.7. The van der Waals surface area contributed by atoms with Crippen LogP contribution in [0.3, 0.4) is 0 Å². The molecule has 0 spiro atoms. The molecule has 2 atom stereocenters. The van der Waals surface area contributed by atoms with E-state index in [0.717, 1.165) is 12.1 Å². The summed E-state index contributed by atoms with van der Waals surface area (Å²) >= 11 is 0. The lowest BCUT2D eigenvalue weighted by molar-refractivity contribution is -0.0418. The maximum Gasteiger partial charge on any atom is 0.132 e. The van der Waals surface area contributed by atoms with E-state index in [2.05, 4.69) is 9.97 Å². The van der Waals surface area contributed by atoms with E-state index in [1.165, 1.54) is 12.5 Å². The third kappa shape index (κ3) is 2.52. The van der Waals surface area contributed by atoms with E-state index in [0.29, 0.717) is 11.8 Å². The second-order valence-corrected chi connectivity index (χ2v) is 4.56. The van der Waals surface area contributed by atoms with Crippen molar-refractivity contribution in [1.82, 2.24) is 9.97 Å². The average Bonchev–Trinajstić information content (AvgIpc) is 2.46. The predicted molar refractivity (Wildman–Crippen MR) is 67.8 cm³/mol. The third-order valence-corrected chi connectivity index (χ3v) is 3.40. The fourth-order valence-corrected chi connectivity index (χ4v) is 2.10. The smallest absolute Gasteiger partial charge is 0.132 e. The number of hydrogen-bond donors (Lipinski definition) is 2. The van der Waals surface area contributed by atoms with Crippen molar-refractivity contribution in [3.63, 3.8) is 0 Å². The number of nitrogens with zero attached hydrogens (tertiary/aromatic N) is 2. The first-order valence-electron chi connectivity index (χ1n) is 6.03. The Morgan fingerprint density at radius 1 is 1.30 bits per heavy atom. The highest BCUT2D eigenvalue weighted by Gasteiger charge is 2.39. The van der Waals surface area contributed by atoms with Crippen molar-refractivity contribution in [3.05, 3.63) is 59.7 Å². The summed E-state index contributed by atoms with van der Waals surface area (Å²) in [6.07, 6.45) is 2.78. The van der Waals surface area contributed by atoms with Crippen LogP contribution in [0.15, 0.2) is 36.8 Å². The Balaban J connectivity index is 2.48. The van der Waals surface area contributed by atoms with Crippen molar-refractivity contribution < 1.29 is 19.0 Å². The lowest BCUT2D eigenvalue weighted by Gasteiger charge is -2.32. The summed E-state index contributed by atoms with van der Waals surface area (Å²) in [5.74, 6) is -2.36. The first kappa shape index (κ1) is 14.5. The zero-order chi connectivity index (χ0) is 14.8. The Bertz CT molecular complexity index is 595. The van der Waals surface area contributed by atoms with E-state index >= 15 is 0 Å². The van der Waals surface area contributed by atoms with Gasteiger partial charge in [0.15, 0.2) is 0 Å². The quantitative estimate of drug-likeness (QED) is 0.895. The standard InChI is InChI=1S/C14H14F2N2O2/c1-9(13-4-5-17-8-18-13)14(20,7-19)11-3-2-10(15)6-12(11)16/h2-6,8-9,19-20H,7H2,1H3/t9-,14+/m1/s1. The highest BCUT2D eigenvalue weighted by atomic mass is 19.1. The molecule has 1 heterocycles.